The van der Waals surface area contributed by atoms with Gasteiger partial charge in [-0.15, -0.1) is 11.3 Å². The van der Waals surface area contributed by atoms with Gasteiger partial charge in [-0.2, -0.15) is 0 Å². The van der Waals surface area contributed by atoms with Crippen LogP contribution in [0.5, 0.6) is 0 Å². The number of thiazole rings is 1. The van der Waals surface area contributed by atoms with Gasteiger partial charge in [-0.05, 0) is 53.4 Å². The normalized spacial score (nSPS) is 16.6. The standard InChI is InChI=1S/C18H23NO3S/c1-11-12(2)17(21)15(7-8-18(3,4)22)14(16(11)20)6-5-13-9-19-10-23-13/h9-10,22H,5-8H2,1-4H3. The van der Waals surface area contributed by atoms with Gasteiger partial charge in [0.15, 0.2) is 11.6 Å². The van der Waals surface area contributed by atoms with Crippen LogP contribution in [0.3, 0.4) is 0 Å². The highest BCUT2D eigenvalue weighted by molar-refractivity contribution is 7.09. The first-order valence-electron chi connectivity index (χ1n) is 7.79. The van der Waals surface area contributed by atoms with E-state index in [9.17, 15) is 14.7 Å². The van der Waals surface area contributed by atoms with E-state index in [1.165, 1.54) is 0 Å². The lowest BCUT2D eigenvalue weighted by molar-refractivity contribution is -0.116. The van der Waals surface area contributed by atoms with Crippen LogP contribution in [-0.4, -0.2) is 27.3 Å². The van der Waals surface area contributed by atoms with E-state index in [1.807, 2.05) is 0 Å². The predicted molar refractivity (Wildman–Crippen MR) is 91.4 cm³/mol. The molecule has 0 bridgehead atoms. The number of ketones is 2. The van der Waals surface area contributed by atoms with Gasteiger partial charge in [0.2, 0.25) is 0 Å². The summed E-state index contributed by atoms with van der Waals surface area (Å²) in [4.78, 5) is 30.4. The smallest absolute Gasteiger partial charge is 0.185 e. The number of nitrogens with zero attached hydrogens (tertiary/aromatic N) is 1. The molecule has 0 spiro atoms. The summed E-state index contributed by atoms with van der Waals surface area (Å²) in [6.07, 6.45) is 3.93. The van der Waals surface area contributed by atoms with Crippen LogP contribution < -0.4 is 0 Å². The average Bonchev–Trinajstić information content (AvgIpc) is 2.98. The third kappa shape index (κ3) is 4.24. The summed E-state index contributed by atoms with van der Waals surface area (Å²) in [5.74, 6) is -0.0805. The molecule has 4 nitrogen and oxygen atoms in total. The summed E-state index contributed by atoms with van der Waals surface area (Å²) in [5, 5.41) is 9.95. The van der Waals surface area contributed by atoms with E-state index < -0.39 is 5.60 Å². The SMILES string of the molecule is CC1=C(C)C(=O)C(CCC(C)(C)O)=C(CCc2cncs2)C1=O. The van der Waals surface area contributed by atoms with Crippen LogP contribution in [0, 0.1) is 0 Å². The van der Waals surface area contributed by atoms with E-state index in [2.05, 4.69) is 4.98 Å². The molecule has 2 rings (SSSR count). The molecule has 124 valence electrons. The molecule has 1 N–H and O–H groups in total. The van der Waals surface area contributed by atoms with Crippen LogP contribution in [0.25, 0.3) is 0 Å². The summed E-state index contributed by atoms with van der Waals surface area (Å²) in [5.41, 5.74) is 3.16. The molecule has 23 heavy (non-hydrogen) atoms. The highest BCUT2D eigenvalue weighted by atomic mass is 32.1. The first-order valence-corrected chi connectivity index (χ1v) is 8.67. The van der Waals surface area contributed by atoms with E-state index in [4.69, 9.17) is 0 Å². The van der Waals surface area contributed by atoms with Crippen molar-refractivity contribution in [3.05, 3.63) is 38.9 Å². The highest BCUT2D eigenvalue weighted by Crippen LogP contribution is 2.31. The zero-order chi connectivity index (χ0) is 17.2. The molecule has 0 unspecified atom stereocenters. The molecule has 1 aromatic heterocycles. The van der Waals surface area contributed by atoms with Crippen LogP contribution in [-0.2, 0) is 16.0 Å². The van der Waals surface area contributed by atoms with Gasteiger partial charge in [0.1, 0.15) is 0 Å². The van der Waals surface area contributed by atoms with Crippen molar-refractivity contribution in [2.75, 3.05) is 0 Å². The van der Waals surface area contributed by atoms with E-state index >= 15 is 0 Å². The van der Waals surface area contributed by atoms with Crippen molar-refractivity contribution in [3.63, 3.8) is 0 Å². The Labute approximate surface area is 140 Å². The van der Waals surface area contributed by atoms with Crippen LogP contribution in [0.1, 0.15) is 51.8 Å². The Hall–Kier alpha value is -1.59. The Kier molecular flexibility index (Phi) is 5.32. The second-order valence-corrected chi connectivity index (χ2v) is 7.62. The Morgan fingerprint density at radius 1 is 1.04 bits per heavy atom. The molecule has 0 saturated carbocycles. The van der Waals surface area contributed by atoms with Gasteiger partial charge >= 0.3 is 0 Å². The molecule has 0 fully saturated rings. The first kappa shape index (κ1) is 17.8. The predicted octanol–water partition coefficient (Wildman–Crippen LogP) is 3.41. The molecule has 1 aliphatic rings. The van der Waals surface area contributed by atoms with Crippen molar-refractivity contribution in [1.82, 2.24) is 4.98 Å². The monoisotopic (exact) mass is 333 g/mol. The van der Waals surface area contributed by atoms with Gasteiger partial charge in [-0.1, -0.05) is 0 Å². The second kappa shape index (κ2) is 6.89. The maximum absolute atomic E-state index is 12.6. The van der Waals surface area contributed by atoms with E-state index in [0.717, 1.165) is 4.88 Å². The van der Waals surface area contributed by atoms with Gasteiger partial charge in [0, 0.05) is 33.4 Å². The van der Waals surface area contributed by atoms with Gasteiger partial charge in [0.05, 0.1) is 11.1 Å². The van der Waals surface area contributed by atoms with Crippen molar-refractivity contribution < 1.29 is 14.7 Å². The topological polar surface area (TPSA) is 67.3 Å². The van der Waals surface area contributed by atoms with Crippen molar-refractivity contribution in [1.29, 1.82) is 0 Å². The molecule has 0 atom stereocenters. The Bertz CT molecular complexity index is 676. The number of carbonyl (C=O) groups is 2. The molecule has 5 heteroatoms. The minimum absolute atomic E-state index is 0.0302. The number of hydrogen-bond acceptors (Lipinski definition) is 5. The zero-order valence-electron chi connectivity index (χ0n) is 14.1. The quantitative estimate of drug-likeness (QED) is 0.810. The fourth-order valence-electron chi connectivity index (χ4n) is 2.64. The summed E-state index contributed by atoms with van der Waals surface area (Å²) in [7, 11) is 0. The molecule has 1 heterocycles. The van der Waals surface area contributed by atoms with E-state index in [0.29, 0.717) is 48.0 Å². The molecule has 1 aliphatic carbocycles. The van der Waals surface area contributed by atoms with Gasteiger partial charge in [0.25, 0.3) is 0 Å². The third-order valence-electron chi connectivity index (χ3n) is 4.25. The second-order valence-electron chi connectivity index (χ2n) is 6.65. The molecule has 1 aromatic rings. The molecule has 0 amide bonds. The maximum Gasteiger partial charge on any atom is 0.185 e. The largest absolute Gasteiger partial charge is 0.390 e. The molecule has 0 aromatic carbocycles. The minimum Gasteiger partial charge on any atom is -0.390 e. The fraction of sp³-hybridized carbons (Fsp3) is 0.500. The lowest BCUT2D eigenvalue weighted by Gasteiger charge is -2.23. The number of allylic oxidation sites excluding steroid dienone is 4. The molecule has 0 saturated heterocycles. The number of hydrogen-bond donors (Lipinski definition) is 1. The fourth-order valence-corrected chi connectivity index (χ4v) is 3.24. The number of aliphatic hydroxyl groups is 1. The molecular weight excluding hydrogens is 310 g/mol. The lowest BCUT2D eigenvalue weighted by atomic mass is 9.80. The average molecular weight is 333 g/mol. The Balaban J connectivity index is 2.28. The number of Topliss-reactive ketones (excluding diaryl/α,β-unsaturated/α-hetero) is 2. The first-order chi connectivity index (χ1) is 10.7. The van der Waals surface area contributed by atoms with Gasteiger partial charge < -0.3 is 5.11 Å². The number of aromatic nitrogens is 1. The van der Waals surface area contributed by atoms with Crippen LogP contribution in [0.15, 0.2) is 34.0 Å². The van der Waals surface area contributed by atoms with Gasteiger partial charge in [-0.25, -0.2) is 0 Å². The number of aryl methyl sites for hydroxylation is 1. The van der Waals surface area contributed by atoms with Gasteiger partial charge in [-0.3, -0.25) is 14.6 Å². The van der Waals surface area contributed by atoms with E-state index in [-0.39, 0.29) is 11.6 Å². The van der Waals surface area contributed by atoms with Crippen LogP contribution >= 0.6 is 11.3 Å². The molecular formula is C18H23NO3S. The van der Waals surface area contributed by atoms with Crippen LogP contribution in [0.4, 0.5) is 0 Å². The minimum atomic E-state index is -0.858. The van der Waals surface area contributed by atoms with Crippen molar-refractivity contribution in [2.24, 2.45) is 0 Å². The van der Waals surface area contributed by atoms with Crippen molar-refractivity contribution in [2.45, 2.75) is 59.0 Å². The summed E-state index contributed by atoms with van der Waals surface area (Å²) >= 11 is 1.55. The molecule has 0 radical (unpaired) electrons. The van der Waals surface area contributed by atoms with Crippen molar-refractivity contribution >= 4 is 22.9 Å². The summed E-state index contributed by atoms with van der Waals surface area (Å²) < 4.78 is 0. The summed E-state index contributed by atoms with van der Waals surface area (Å²) in [6.45, 7) is 6.86. The Morgan fingerprint density at radius 2 is 1.61 bits per heavy atom. The highest BCUT2D eigenvalue weighted by Gasteiger charge is 2.30. The Morgan fingerprint density at radius 3 is 2.09 bits per heavy atom. The summed E-state index contributed by atoms with van der Waals surface area (Å²) in [6, 6.07) is 0. The zero-order valence-corrected chi connectivity index (χ0v) is 14.9. The number of rotatable bonds is 6. The van der Waals surface area contributed by atoms with E-state index in [1.54, 1.807) is 50.7 Å². The lowest BCUT2D eigenvalue weighted by Crippen LogP contribution is -2.25. The third-order valence-corrected chi connectivity index (χ3v) is 5.09. The number of carbonyl (C=O) groups excluding carboxylic acids is 2. The van der Waals surface area contributed by atoms with Crippen LogP contribution in [0.2, 0.25) is 0 Å². The molecule has 0 aliphatic heterocycles. The van der Waals surface area contributed by atoms with Crippen molar-refractivity contribution in [3.8, 4) is 0 Å². The maximum atomic E-state index is 12.6.